The van der Waals surface area contributed by atoms with Crippen LogP contribution >= 0.6 is 11.3 Å². The van der Waals surface area contributed by atoms with Gasteiger partial charge in [0, 0.05) is 11.1 Å². The number of amides is 1. The van der Waals surface area contributed by atoms with Crippen molar-refractivity contribution in [2.45, 2.75) is 13.5 Å². The highest BCUT2D eigenvalue weighted by Crippen LogP contribution is 2.18. The van der Waals surface area contributed by atoms with Gasteiger partial charge in [0.2, 0.25) is 0 Å². The third-order valence-corrected chi connectivity index (χ3v) is 3.08. The van der Waals surface area contributed by atoms with E-state index in [1.54, 1.807) is 23.8 Å². The van der Waals surface area contributed by atoms with E-state index in [4.69, 9.17) is 0 Å². The zero-order valence-electron chi connectivity index (χ0n) is 9.30. The van der Waals surface area contributed by atoms with E-state index in [1.165, 1.54) is 17.4 Å². The van der Waals surface area contributed by atoms with E-state index in [0.29, 0.717) is 12.1 Å². The molecule has 5 heteroatoms. The monoisotopic (exact) mass is 248 g/mol. The van der Waals surface area contributed by atoms with Crippen molar-refractivity contribution in [2.24, 2.45) is 0 Å². The lowest BCUT2D eigenvalue weighted by Gasteiger charge is -2.06. The molecule has 0 bridgehead atoms. The molecule has 0 aliphatic carbocycles. The second kappa shape index (κ2) is 4.97. The van der Waals surface area contributed by atoms with Crippen molar-refractivity contribution in [2.75, 3.05) is 0 Å². The highest BCUT2D eigenvalue weighted by molar-refractivity contribution is 7.09. The summed E-state index contributed by atoms with van der Waals surface area (Å²) in [7, 11) is 0. The molecule has 2 aromatic rings. The van der Waals surface area contributed by atoms with Gasteiger partial charge in [-0.2, -0.15) is 0 Å². The van der Waals surface area contributed by atoms with Gasteiger partial charge in [-0.15, -0.1) is 11.3 Å². The smallest absolute Gasteiger partial charge is 0.255 e. The van der Waals surface area contributed by atoms with E-state index < -0.39 is 0 Å². The first-order valence-electron chi connectivity index (χ1n) is 5.12. The number of hydrogen-bond acceptors (Lipinski definition) is 4. The van der Waals surface area contributed by atoms with Crippen LogP contribution in [0.1, 0.15) is 20.8 Å². The minimum atomic E-state index is -0.278. The molecule has 0 radical (unpaired) electrons. The highest BCUT2D eigenvalue weighted by Gasteiger charge is 2.10. The molecule has 2 N–H and O–H groups in total. The van der Waals surface area contributed by atoms with Crippen molar-refractivity contribution < 1.29 is 9.90 Å². The standard InChI is InChI=1S/C12H12N2O2S/c1-8-2-3-11(15)10(4-8)12(16)14-6-9-5-13-7-17-9/h2-5,7,15H,6H2,1H3,(H,14,16). The van der Waals surface area contributed by atoms with Gasteiger partial charge in [-0.25, -0.2) is 0 Å². The Morgan fingerprint density at radius 1 is 1.53 bits per heavy atom. The van der Waals surface area contributed by atoms with Gasteiger partial charge < -0.3 is 10.4 Å². The molecule has 0 saturated heterocycles. The fraction of sp³-hybridized carbons (Fsp3) is 0.167. The first-order valence-corrected chi connectivity index (χ1v) is 6.00. The van der Waals surface area contributed by atoms with Gasteiger partial charge in [-0.3, -0.25) is 9.78 Å². The maximum Gasteiger partial charge on any atom is 0.255 e. The number of thiazole rings is 1. The zero-order chi connectivity index (χ0) is 12.3. The van der Waals surface area contributed by atoms with Crippen LogP contribution in [0.5, 0.6) is 5.75 Å². The molecule has 0 aliphatic heterocycles. The molecule has 0 fully saturated rings. The molecule has 0 unspecified atom stereocenters. The van der Waals surface area contributed by atoms with Crippen LogP contribution in [0.25, 0.3) is 0 Å². The largest absolute Gasteiger partial charge is 0.507 e. The Hall–Kier alpha value is -1.88. The highest BCUT2D eigenvalue weighted by atomic mass is 32.1. The average Bonchev–Trinajstić information content (AvgIpc) is 2.82. The number of phenols is 1. The van der Waals surface area contributed by atoms with E-state index in [2.05, 4.69) is 10.3 Å². The van der Waals surface area contributed by atoms with Gasteiger partial charge in [0.05, 0.1) is 17.6 Å². The Bertz CT molecular complexity index is 523. The summed E-state index contributed by atoms with van der Waals surface area (Å²) in [6.45, 7) is 2.30. The molecule has 0 atom stereocenters. The molecule has 4 nitrogen and oxygen atoms in total. The van der Waals surface area contributed by atoms with Gasteiger partial charge in [0.25, 0.3) is 5.91 Å². The summed E-state index contributed by atoms with van der Waals surface area (Å²) >= 11 is 1.48. The SMILES string of the molecule is Cc1ccc(O)c(C(=O)NCc2cncs2)c1. The van der Waals surface area contributed by atoms with Gasteiger partial charge in [0.1, 0.15) is 5.75 Å². The van der Waals surface area contributed by atoms with Gasteiger partial charge in [0.15, 0.2) is 0 Å². The number of aryl methyl sites for hydroxylation is 1. The number of nitrogens with one attached hydrogen (secondary N) is 1. The second-order valence-corrected chi connectivity index (χ2v) is 4.64. The second-order valence-electron chi connectivity index (χ2n) is 3.67. The summed E-state index contributed by atoms with van der Waals surface area (Å²) in [5, 5.41) is 12.3. The Morgan fingerprint density at radius 2 is 2.35 bits per heavy atom. The summed E-state index contributed by atoms with van der Waals surface area (Å²) in [5.41, 5.74) is 2.95. The predicted molar refractivity (Wildman–Crippen MR) is 66.1 cm³/mol. The van der Waals surface area contributed by atoms with Gasteiger partial charge in [-0.05, 0) is 19.1 Å². The molecule has 2 rings (SSSR count). The Labute approximate surface area is 103 Å². The van der Waals surface area contributed by atoms with Crippen LogP contribution in [-0.2, 0) is 6.54 Å². The molecule has 1 aromatic carbocycles. The molecule has 1 aromatic heterocycles. The van der Waals surface area contributed by atoms with Gasteiger partial charge >= 0.3 is 0 Å². The number of aromatic nitrogens is 1. The number of hydrogen-bond donors (Lipinski definition) is 2. The number of benzene rings is 1. The maximum absolute atomic E-state index is 11.8. The zero-order valence-corrected chi connectivity index (χ0v) is 10.1. The molecule has 1 amide bonds. The molecule has 17 heavy (non-hydrogen) atoms. The minimum Gasteiger partial charge on any atom is -0.507 e. The molecule has 0 saturated carbocycles. The van der Waals surface area contributed by atoms with Crippen LogP contribution < -0.4 is 5.32 Å². The summed E-state index contributed by atoms with van der Waals surface area (Å²) in [6.07, 6.45) is 1.71. The van der Waals surface area contributed by atoms with E-state index in [1.807, 2.05) is 6.92 Å². The Kier molecular flexibility index (Phi) is 3.39. The number of phenolic OH excluding ortho intramolecular Hbond substituents is 1. The predicted octanol–water partition coefficient (Wildman–Crippen LogP) is 2.09. The number of rotatable bonds is 3. The Morgan fingerprint density at radius 3 is 3.06 bits per heavy atom. The van der Waals surface area contributed by atoms with Crippen LogP contribution in [0.3, 0.4) is 0 Å². The summed E-state index contributed by atoms with van der Waals surface area (Å²) in [4.78, 5) is 16.7. The van der Waals surface area contributed by atoms with Crippen molar-refractivity contribution >= 4 is 17.2 Å². The molecule has 1 heterocycles. The van der Waals surface area contributed by atoms with Crippen molar-refractivity contribution in [1.29, 1.82) is 0 Å². The van der Waals surface area contributed by atoms with E-state index in [-0.39, 0.29) is 11.7 Å². The number of carbonyl (C=O) groups is 1. The molecular formula is C12H12N2O2S. The molecule has 0 aliphatic rings. The quantitative estimate of drug-likeness (QED) is 0.874. The first-order chi connectivity index (χ1) is 8.16. The maximum atomic E-state index is 11.8. The normalized spacial score (nSPS) is 10.2. The minimum absolute atomic E-state index is 0.00240. The van der Waals surface area contributed by atoms with Crippen molar-refractivity contribution in [1.82, 2.24) is 10.3 Å². The number of carbonyl (C=O) groups excluding carboxylic acids is 1. The summed E-state index contributed by atoms with van der Waals surface area (Å²) in [6, 6.07) is 4.95. The first kappa shape index (κ1) is 11.6. The Balaban J connectivity index is 2.07. The topological polar surface area (TPSA) is 62.2 Å². The fourth-order valence-electron chi connectivity index (χ4n) is 1.42. The van der Waals surface area contributed by atoms with Crippen molar-refractivity contribution in [3.63, 3.8) is 0 Å². The van der Waals surface area contributed by atoms with E-state index in [0.717, 1.165) is 10.4 Å². The lowest BCUT2D eigenvalue weighted by atomic mass is 10.1. The van der Waals surface area contributed by atoms with Crippen LogP contribution in [-0.4, -0.2) is 16.0 Å². The van der Waals surface area contributed by atoms with Crippen LogP contribution in [0.15, 0.2) is 29.9 Å². The van der Waals surface area contributed by atoms with Crippen LogP contribution in [0.2, 0.25) is 0 Å². The number of aromatic hydroxyl groups is 1. The van der Waals surface area contributed by atoms with Crippen molar-refractivity contribution in [3.8, 4) is 5.75 Å². The lowest BCUT2D eigenvalue weighted by molar-refractivity contribution is 0.0948. The van der Waals surface area contributed by atoms with E-state index in [9.17, 15) is 9.90 Å². The molecule has 0 spiro atoms. The average molecular weight is 248 g/mol. The van der Waals surface area contributed by atoms with Crippen LogP contribution in [0, 0.1) is 6.92 Å². The summed E-state index contributed by atoms with van der Waals surface area (Å²) in [5.74, 6) is -0.281. The van der Waals surface area contributed by atoms with Crippen molar-refractivity contribution in [3.05, 3.63) is 45.9 Å². The molecular weight excluding hydrogens is 236 g/mol. The number of nitrogens with zero attached hydrogens (tertiary/aromatic N) is 1. The third kappa shape index (κ3) is 2.82. The third-order valence-electron chi connectivity index (χ3n) is 2.30. The molecule has 88 valence electrons. The summed E-state index contributed by atoms with van der Waals surface area (Å²) < 4.78 is 0. The van der Waals surface area contributed by atoms with Crippen LogP contribution in [0.4, 0.5) is 0 Å². The lowest BCUT2D eigenvalue weighted by Crippen LogP contribution is -2.22. The van der Waals surface area contributed by atoms with E-state index >= 15 is 0 Å². The van der Waals surface area contributed by atoms with Gasteiger partial charge in [-0.1, -0.05) is 11.6 Å². The fourth-order valence-corrected chi connectivity index (χ4v) is 1.96.